The van der Waals surface area contributed by atoms with Crippen LogP contribution in [0.5, 0.6) is 0 Å². The fraction of sp³-hybridized carbons (Fsp3) is 0.500. The first-order valence-corrected chi connectivity index (χ1v) is 8.59. The lowest BCUT2D eigenvalue weighted by molar-refractivity contribution is -0.137. The maximum Gasteiger partial charge on any atom is 0.416 e. The standard InChI is InChI=1S/C18H22F3N3O/c1-3-5-12(2)23-16-11-14(18(19,20)21)8-9-15(16)24(23)22-17(25)10-13-6-4-7-13/h5,8-9,11,13H,3-4,6-7,10H2,1-2H3,(H,22,25)/b12-5+. The second kappa shape index (κ2) is 6.61. The summed E-state index contributed by atoms with van der Waals surface area (Å²) in [5.74, 6) is 0.318. The van der Waals surface area contributed by atoms with Crippen molar-refractivity contribution in [2.45, 2.75) is 52.1 Å². The smallest absolute Gasteiger partial charge is 0.273 e. The first-order chi connectivity index (χ1) is 11.8. The van der Waals surface area contributed by atoms with Gasteiger partial charge in [0.15, 0.2) is 0 Å². The van der Waals surface area contributed by atoms with Gasteiger partial charge in [0.25, 0.3) is 0 Å². The summed E-state index contributed by atoms with van der Waals surface area (Å²) in [4.78, 5) is 13.8. The quantitative estimate of drug-likeness (QED) is 0.808. The lowest BCUT2D eigenvalue weighted by Crippen LogP contribution is -2.35. The van der Waals surface area contributed by atoms with Crippen molar-refractivity contribution in [2.75, 3.05) is 5.43 Å². The maximum atomic E-state index is 13.0. The van der Waals surface area contributed by atoms with Crippen LogP contribution in [0.25, 0.3) is 16.7 Å². The Morgan fingerprint density at radius 1 is 1.32 bits per heavy atom. The number of benzene rings is 1. The van der Waals surface area contributed by atoms with Crippen molar-refractivity contribution in [1.82, 2.24) is 9.47 Å². The molecule has 4 nitrogen and oxygen atoms in total. The Morgan fingerprint density at radius 3 is 2.60 bits per heavy atom. The van der Waals surface area contributed by atoms with Gasteiger partial charge in [0.2, 0.25) is 5.91 Å². The van der Waals surface area contributed by atoms with Crippen LogP contribution in [0, 0.1) is 5.92 Å². The van der Waals surface area contributed by atoms with E-state index in [2.05, 4.69) is 5.43 Å². The van der Waals surface area contributed by atoms with E-state index in [9.17, 15) is 18.0 Å². The van der Waals surface area contributed by atoms with E-state index < -0.39 is 11.7 Å². The minimum Gasteiger partial charge on any atom is -0.273 e. The van der Waals surface area contributed by atoms with Crippen LogP contribution in [0.1, 0.15) is 51.5 Å². The summed E-state index contributed by atoms with van der Waals surface area (Å²) in [6, 6.07) is 3.56. The summed E-state index contributed by atoms with van der Waals surface area (Å²) < 4.78 is 40.6. The monoisotopic (exact) mass is 353 g/mol. The third-order valence-electron chi connectivity index (χ3n) is 4.72. The SMILES string of the molecule is CC/C=C(\C)n1c2cc(C(F)(F)F)ccc2n1NC(=O)CC1CCC1. The Morgan fingerprint density at radius 2 is 2.04 bits per heavy atom. The van der Waals surface area contributed by atoms with E-state index in [1.165, 1.54) is 10.9 Å². The van der Waals surface area contributed by atoms with Gasteiger partial charge in [-0.15, -0.1) is 0 Å². The van der Waals surface area contributed by atoms with Crippen LogP contribution < -0.4 is 5.43 Å². The van der Waals surface area contributed by atoms with Gasteiger partial charge in [0.1, 0.15) is 5.52 Å². The molecule has 0 atom stereocenters. The largest absolute Gasteiger partial charge is 0.416 e. The Labute approximate surface area is 144 Å². The Hall–Kier alpha value is -2.18. The molecule has 7 heteroatoms. The van der Waals surface area contributed by atoms with Gasteiger partial charge in [-0.25, -0.2) is 10.1 Å². The Kier molecular flexibility index (Phi) is 4.67. The number of fused-ring (bicyclic) bond motifs is 1. The second-order valence-electron chi connectivity index (χ2n) is 6.61. The molecule has 0 radical (unpaired) electrons. The van der Waals surface area contributed by atoms with Gasteiger partial charge in [-0.05, 0) is 50.3 Å². The number of amides is 1. The number of carbonyl (C=O) groups excluding carboxylic acids is 1. The zero-order valence-electron chi connectivity index (χ0n) is 14.4. The number of allylic oxidation sites excluding steroid dienone is 2. The molecular formula is C18H22F3N3O. The minimum atomic E-state index is -4.39. The average molecular weight is 353 g/mol. The molecule has 2 aromatic rings. The molecule has 1 saturated carbocycles. The first kappa shape index (κ1) is 17.6. The van der Waals surface area contributed by atoms with E-state index in [1.54, 1.807) is 4.68 Å². The van der Waals surface area contributed by atoms with Gasteiger partial charge in [-0.1, -0.05) is 19.4 Å². The lowest BCUT2D eigenvalue weighted by Gasteiger charge is -2.29. The molecule has 0 bridgehead atoms. The summed E-state index contributed by atoms with van der Waals surface area (Å²) in [6.45, 7) is 3.77. The van der Waals surface area contributed by atoms with E-state index in [-0.39, 0.29) is 5.91 Å². The zero-order chi connectivity index (χ0) is 18.2. The van der Waals surface area contributed by atoms with Crippen molar-refractivity contribution in [3.63, 3.8) is 0 Å². The second-order valence-corrected chi connectivity index (χ2v) is 6.61. The van der Waals surface area contributed by atoms with Gasteiger partial charge in [0, 0.05) is 12.1 Å². The summed E-state index contributed by atoms with van der Waals surface area (Å²) >= 11 is 0. The third kappa shape index (κ3) is 3.45. The number of hydrogen-bond donors (Lipinski definition) is 1. The number of hydrogen-bond acceptors (Lipinski definition) is 1. The van der Waals surface area contributed by atoms with Gasteiger partial charge >= 0.3 is 6.18 Å². The predicted molar refractivity (Wildman–Crippen MR) is 91.5 cm³/mol. The number of aromatic nitrogens is 2. The van der Waals surface area contributed by atoms with E-state index in [0.29, 0.717) is 23.4 Å². The van der Waals surface area contributed by atoms with E-state index in [1.807, 2.05) is 19.9 Å². The highest BCUT2D eigenvalue weighted by Crippen LogP contribution is 2.34. The molecular weight excluding hydrogens is 331 g/mol. The third-order valence-corrected chi connectivity index (χ3v) is 4.72. The van der Waals surface area contributed by atoms with Gasteiger partial charge < -0.3 is 0 Å². The van der Waals surface area contributed by atoms with Gasteiger partial charge in [0.05, 0.1) is 11.1 Å². The van der Waals surface area contributed by atoms with Crippen molar-refractivity contribution in [3.8, 4) is 0 Å². The maximum absolute atomic E-state index is 13.0. The van der Waals surface area contributed by atoms with E-state index in [4.69, 9.17) is 0 Å². The van der Waals surface area contributed by atoms with Crippen molar-refractivity contribution in [3.05, 3.63) is 29.8 Å². The molecule has 0 unspecified atom stereocenters. The van der Waals surface area contributed by atoms with Crippen LogP contribution in [0.4, 0.5) is 13.2 Å². The molecule has 1 aliphatic rings. The molecule has 3 rings (SSSR count). The molecule has 1 aliphatic carbocycles. The molecule has 1 aromatic carbocycles. The molecule has 0 saturated heterocycles. The van der Waals surface area contributed by atoms with Crippen molar-refractivity contribution in [2.24, 2.45) is 5.92 Å². The normalized spacial score (nSPS) is 16.3. The molecule has 1 heterocycles. The highest BCUT2D eigenvalue weighted by molar-refractivity contribution is 5.89. The topological polar surface area (TPSA) is 39.0 Å². The molecule has 1 amide bonds. The van der Waals surface area contributed by atoms with Crippen LogP contribution >= 0.6 is 0 Å². The number of nitrogens with zero attached hydrogens (tertiary/aromatic N) is 2. The molecule has 0 spiro atoms. The van der Waals surface area contributed by atoms with Crippen LogP contribution in [-0.2, 0) is 11.0 Å². The van der Waals surface area contributed by atoms with Crippen molar-refractivity contribution >= 4 is 22.6 Å². The highest BCUT2D eigenvalue weighted by atomic mass is 19.4. The number of carbonyl (C=O) groups is 1. The van der Waals surface area contributed by atoms with Crippen molar-refractivity contribution < 1.29 is 18.0 Å². The van der Waals surface area contributed by atoms with Crippen LogP contribution in [0.3, 0.4) is 0 Å². The molecule has 25 heavy (non-hydrogen) atoms. The summed E-state index contributed by atoms with van der Waals surface area (Å²) in [5, 5.41) is 0. The van der Waals surface area contributed by atoms with Crippen LogP contribution in [-0.4, -0.2) is 15.4 Å². The number of rotatable bonds is 5. The zero-order valence-corrected chi connectivity index (χ0v) is 14.4. The number of halogens is 3. The molecule has 1 fully saturated rings. The predicted octanol–water partition coefficient (Wildman–Crippen LogP) is 4.99. The lowest BCUT2D eigenvalue weighted by atomic mass is 9.83. The summed E-state index contributed by atoms with van der Waals surface area (Å²) in [7, 11) is 0. The molecule has 1 aromatic heterocycles. The average Bonchev–Trinajstić information content (AvgIpc) is 2.48. The fourth-order valence-electron chi connectivity index (χ4n) is 3.18. The van der Waals surface area contributed by atoms with Gasteiger partial charge in [-0.2, -0.15) is 18.0 Å². The summed E-state index contributed by atoms with van der Waals surface area (Å²) in [5.41, 5.74) is 3.91. The van der Waals surface area contributed by atoms with Crippen molar-refractivity contribution in [1.29, 1.82) is 0 Å². The molecule has 1 N–H and O–H groups in total. The highest BCUT2D eigenvalue weighted by Gasteiger charge is 2.32. The first-order valence-electron chi connectivity index (χ1n) is 8.59. The summed E-state index contributed by atoms with van der Waals surface area (Å²) in [6.07, 6.45) is 2.02. The molecule has 0 aliphatic heterocycles. The van der Waals surface area contributed by atoms with Gasteiger partial charge in [-0.3, -0.25) is 4.79 Å². The van der Waals surface area contributed by atoms with E-state index >= 15 is 0 Å². The number of nitrogens with one attached hydrogen (secondary N) is 1. The Balaban J connectivity index is 1.94. The molecule has 136 valence electrons. The minimum absolute atomic E-state index is 0.107. The van der Waals surface area contributed by atoms with Crippen LogP contribution in [0.2, 0.25) is 0 Å². The Bertz CT molecular complexity index is 809. The fourth-order valence-corrected chi connectivity index (χ4v) is 3.18. The van der Waals surface area contributed by atoms with E-state index in [0.717, 1.165) is 43.5 Å². The van der Waals surface area contributed by atoms with Crippen LogP contribution in [0.15, 0.2) is 24.3 Å². The number of alkyl halides is 3.